The van der Waals surface area contributed by atoms with Gasteiger partial charge in [-0.2, -0.15) is 9.57 Å². The van der Waals surface area contributed by atoms with Crippen molar-refractivity contribution in [3.05, 3.63) is 94.6 Å². The topological polar surface area (TPSA) is 96.7 Å². The maximum atomic E-state index is 13.4. The molecule has 5 rings (SSSR count). The fourth-order valence-corrected chi connectivity index (χ4v) is 6.90. The van der Waals surface area contributed by atoms with Gasteiger partial charge in [0.25, 0.3) is 0 Å². The average Bonchev–Trinajstić information content (AvgIpc) is 3.49. The number of nitrogens with one attached hydrogen (secondary N) is 1. The maximum Gasteiger partial charge on any atom is 0.243 e. The van der Waals surface area contributed by atoms with Gasteiger partial charge in [-0.25, -0.2) is 12.8 Å². The molecular weight excluding hydrogens is 479 g/mol. The number of halogens is 1. The quantitative estimate of drug-likeness (QED) is 0.593. The minimum atomic E-state index is -3.84. The third-order valence-corrected chi connectivity index (χ3v) is 9.06. The van der Waals surface area contributed by atoms with Crippen molar-refractivity contribution in [3.63, 3.8) is 0 Å². The van der Waals surface area contributed by atoms with Gasteiger partial charge in [0.1, 0.15) is 5.82 Å². The summed E-state index contributed by atoms with van der Waals surface area (Å²) in [5.74, 6) is -0.184. The number of nitrogens with zero attached hydrogens (tertiary/aromatic N) is 3. The number of nitriles is 1. The Morgan fingerprint density at radius 1 is 1.19 bits per heavy atom. The van der Waals surface area contributed by atoms with Gasteiger partial charge in [-0.05, 0) is 78.9 Å². The van der Waals surface area contributed by atoms with E-state index < -0.39 is 10.0 Å². The van der Waals surface area contributed by atoms with E-state index >= 15 is 0 Å². The van der Waals surface area contributed by atoms with Crippen molar-refractivity contribution in [1.82, 2.24) is 9.73 Å². The number of anilines is 1. The Bertz CT molecular complexity index is 1410. The Balaban J connectivity index is 1.42. The third-order valence-electron chi connectivity index (χ3n) is 7.18. The highest BCUT2D eigenvalue weighted by molar-refractivity contribution is 7.89. The van der Waals surface area contributed by atoms with Crippen LogP contribution in [0.3, 0.4) is 0 Å². The summed E-state index contributed by atoms with van der Waals surface area (Å²) in [4.78, 5) is 0.110. The van der Waals surface area contributed by atoms with Gasteiger partial charge in [0.2, 0.25) is 10.0 Å². The van der Waals surface area contributed by atoms with E-state index in [0.29, 0.717) is 5.56 Å². The van der Waals surface area contributed by atoms with E-state index in [1.165, 1.54) is 51.8 Å². The fourth-order valence-electron chi connectivity index (χ4n) is 5.42. The van der Waals surface area contributed by atoms with Crippen molar-refractivity contribution >= 4 is 15.7 Å². The molecule has 2 N–H and O–H groups in total. The molecule has 36 heavy (non-hydrogen) atoms. The minimum absolute atomic E-state index is 0.000481. The van der Waals surface area contributed by atoms with E-state index in [4.69, 9.17) is 5.26 Å². The van der Waals surface area contributed by atoms with E-state index in [1.54, 1.807) is 12.1 Å². The number of sulfonamides is 1. The Morgan fingerprint density at radius 3 is 2.58 bits per heavy atom. The van der Waals surface area contributed by atoms with Crippen LogP contribution in [0.1, 0.15) is 25.3 Å². The normalized spacial score (nSPS) is 21.0. The monoisotopic (exact) mass is 506 g/mol. The van der Waals surface area contributed by atoms with Crippen molar-refractivity contribution in [2.75, 3.05) is 24.7 Å². The number of fused-ring (bicyclic) bond motifs is 1. The lowest BCUT2D eigenvalue weighted by Crippen LogP contribution is -2.38. The predicted octanol–water partition coefficient (Wildman–Crippen LogP) is 3.83. The summed E-state index contributed by atoms with van der Waals surface area (Å²) in [5.41, 5.74) is 9.06. The molecule has 0 spiro atoms. The number of rotatable bonds is 7. The number of benzene rings is 2. The molecule has 0 fully saturated rings. The molecule has 0 saturated heterocycles. The molecule has 0 saturated carbocycles. The van der Waals surface area contributed by atoms with Gasteiger partial charge < -0.3 is 10.5 Å². The van der Waals surface area contributed by atoms with Crippen molar-refractivity contribution in [1.29, 1.82) is 5.26 Å². The molecule has 0 amide bonds. The molecule has 9 heteroatoms. The molecule has 0 aromatic heterocycles. The minimum Gasteiger partial charge on any atom is -0.395 e. The Hall–Kier alpha value is -3.45. The first kappa shape index (κ1) is 24.3. The van der Waals surface area contributed by atoms with Crippen LogP contribution in [0.25, 0.3) is 0 Å². The lowest BCUT2D eigenvalue weighted by atomic mass is 9.80. The van der Waals surface area contributed by atoms with Gasteiger partial charge in [-0.3, -0.25) is 5.01 Å². The lowest BCUT2D eigenvalue weighted by Gasteiger charge is -2.32. The second kappa shape index (κ2) is 9.54. The molecule has 1 aliphatic heterocycles. The summed E-state index contributed by atoms with van der Waals surface area (Å²) < 4.78 is 41.6. The molecule has 0 unspecified atom stereocenters. The van der Waals surface area contributed by atoms with Crippen molar-refractivity contribution in [2.24, 2.45) is 11.8 Å². The first-order chi connectivity index (χ1) is 17.3. The number of hydrogen-bond donors (Lipinski definition) is 2. The summed E-state index contributed by atoms with van der Waals surface area (Å²) in [6.07, 6.45) is 5.76. The van der Waals surface area contributed by atoms with Crippen molar-refractivity contribution in [2.45, 2.75) is 24.7 Å². The smallest absolute Gasteiger partial charge is 0.243 e. The number of aliphatic hydroxyl groups excluding tert-OH is 1. The van der Waals surface area contributed by atoms with Crippen LogP contribution in [0.2, 0.25) is 0 Å². The zero-order valence-corrected chi connectivity index (χ0v) is 20.7. The second-order valence-corrected chi connectivity index (χ2v) is 11.2. The zero-order valence-electron chi connectivity index (χ0n) is 19.9. The maximum absolute atomic E-state index is 13.4. The number of allylic oxidation sites excluding steroid dienone is 3. The van der Waals surface area contributed by atoms with Gasteiger partial charge in [0, 0.05) is 30.8 Å². The molecule has 0 bridgehead atoms. The summed E-state index contributed by atoms with van der Waals surface area (Å²) in [5, 5.41) is 20.6. The van der Waals surface area contributed by atoms with Crippen LogP contribution in [-0.4, -0.2) is 37.5 Å². The number of hydrazine groups is 1. The van der Waals surface area contributed by atoms with Crippen LogP contribution in [0.4, 0.5) is 10.1 Å². The standard InChI is InChI=1S/C27H27FN4O3S/c1-18-25-16-30-32(23-8-6-22(28)7-9-23)26(25)14-20-4-5-21(27(18)20)17-31(12-13-33)36(34,35)24-10-2-19(15-29)3-11-24/h2-3,6-11,14,16,18,21,30,33H,4-5,12-13,17H2,1H3/t18-,21+/m0/s1. The second-order valence-electron chi connectivity index (χ2n) is 9.23. The summed E-state index contributed by atoms with van der Waals surface area (Å²) >= 11 is 0. The molecule has 2 aromatic rings. The molecular formula is C27H27FN4O3S. The van der Waals surface area contributed by atoms with Gasteiger partial charge in [0.15, 0.2) is 0 Å². The van der Waals surface area contributed by atoms with Crippen LogP contribution in [0, 0.1) is 29.0 Å². The van der Waals surface area contributed by atoms with Crippen molar-refractivity contribution < 1.29 is 17.9 Å². The molecule has 0 radical (unpaired) electrons. The molecule has 2 aromatic carbocycles. The van der Waals surface area contributed by atoms with Gasteiger partial charge in [0.05, 0.1) is 34.5 Å². The lowest BCUT2D eigenvalue weighted by molar-refractivity contribution is 0.243. The van der Waals surface area contributed by atoms with E-state index in [0.717, 1.165) is 29.8 Å². The molecule has 2 aliphatic carbocycles. The highest BCUT2D eigenvalue weighted by atomic mass is 32.2. The van der Waals surface area contributed by atoms with Gasteiger partial charge in [-0.15, -0.1) is 0 Å². The van der Waals surface area contributed by atoms with Crippen LogP contribution in [0.5, 0.6) is 0 Å². The van der Waals surface area contributed by atoms with E-state index in [-0.39, 0.29) is 42.2 Å². The Kier molecular flexibility index (Phi) is 6.43. The first-order valence-corrected chi connectivity index (χ1v) is 13.4. The average molecular weight is 507 g/mol. The Morgan fingerprint density at radius 2 is 1.92 bits per heavy atom. The summed E-state index contributed by atoms with van der Waals surface area (Å²) in [6, 6.07) is 14.2. The summed E-state index contributed by atoms with van der Waals surface area (Å²) in [7, 11) is -3.84. The molecule has 2 atom stereocenters. The van der Waals surface area contributed by atoms with E-state index in [2.05, 4.69) is 18.4 Å². The fraction of sp³-hybridized carbons (Fsp3) is 0.296. The number of hydrogen-bond acceptors (Lipinski definition) is 6. The van der Waals surface area contributed by atoms with Crippen LogP contribution < -0.4 is 10.4 Å². The highest BCUT2D eigenvalue weighted by Crippen LogP contribution is 2.48. The molecule has 3 aliphatic rings. The number of aliphatic hydroxyl groups is 1. The van der Waals surface area contributed by atoms with Gasteiger partial charge >= 0.3 is 0 Å². The van der Waals surface area contributed by atoms with Crippen LogP contribution >= 0.6 is 0 Å². The molecule has 7 nitrogen and oxygen atoms in total. The van der Waals surface area contributed by atoms with Crippen molar-refractivity contribution in [3.8, 4) is 6.07 Å². The SMILES string of the molecule is C[C@H]1C2=CNN(c3ccc(F)cc3)C2=CC2=C1[C@@H](CN(CCO)S(=O)(=O)c1ccc(C#N)cc1)CC2. The van der Waals surface area contributed by atoms with E-state index in [9.17, 15) is 17.9 Å². The molecule has 186 valence electrons. The Labute approximate surface area is 210 Å². The largest absolute Gasteiger partial charge is 0.395 e. The predicted molar refractivity (Wildman–Crippen MR) is 134 cm³/mol. The zero-order chi connectivity index (χ0) is 25.4. The van der Waals surface area contributed by atoms with Gasteiger partial charge in [-0.1, -0.05) is 12.5 Å². The first-order valence-electron chi connectivity index (χ1n) is 11.9. The third kappa shape index (κ3) is 4.22. The van der Waals surface area contributed by atoms with Crippen LogP contribution in [0.15, 0.2) is 88.1 Å². The highest BCUT2D eigenvalue weighted by Gasteiger charge is 2.39. The summed E-state index contributed by atoms with van der Waals surface area (Å²) in [6.45, 7) is 2.13. The van der Waals surface area contributed by atoms with E-state index in [1.807, 2.05) is 17.3 Å². The molecule has 1 heterocycles. The van der Waals surface area contributed by atoms with Crippen LogP contribution in [-0.2, 0) is 10.0 Å².